The molecule has 4 rings (SSSR count). The molecule has 1 N–H and O–H groups in total. The summed E-state index contributed by atoms with van der Waals surface area (Å²) in [6.07, 6.45) is 2.82. The minimum atomic E-state index is -0.749. The number of fused-ring (bicyclic) bond motifs is 1. The number of hydrogen-bond acceptors (Lipinski definition) is 5. The first-order valence-corrected chi connectivity index (χ1v) is 10.6. The number of pyridine rings is 1. The van der Waals surface area contributed by atoms with Crippen molar-refractivity contribution in [2.24, 2.45) is 0 Å². The summed E-state index contributed by atoms with van der Waals surface area (Å²) in [4.78, 5) is 31.4. The molecule has 0 fully saturated rings. The van der Waals surface area contributed by atoms with Crippen LogP contribution in [0.25, 0.3) is 22.4 Å². The van der Waals surface area contributed by atoms with E-state index in [0.717, 1.165) is 11.1 Å². The van der Waals surface area contributed by atoms with Crippen LogP contribution in [0.2, 0.25) is 0 Å². The molecule has 1 atom stereocenters. The Kier molecular flexibility index (Phi) is 5.88. The molecule has 2 amide bonds. The molecule has 0 saturated heterocycles. The number of aromatic nitrogens is 3. The largest absolute Gasteiger partial charge is 0.444 e. The summed E-state index contributed by atoms with van der Waals surface area (Å²) in [7, 11) is 1.54. The number of likely N-dealkylation sites (N-methyl/N-ethyl adjacent to an activating group) is 1. The van der Waals surface area contributed by atoms with Gasteiger partial charge in [-0.1, -0.05) is 0 Å². The third-order valence-corrected chi connectivity index (χ3v) is 5.33. The van der Waals surface area contributed by atoms with Gasteiger partial charge >= 0.3 is 6.09 Å². The monoisotopic (exact) mass is 451 g/mol. The number of rotatable bonds is 3. The molecule has 0 unspecified atom stereocenters. The van der Waals surface area contributed by atoms with E-state index in [-0.39, 0.29) is 24.8 Å². The van der Waals surface area contributed by atoms with Gasteiger partial charge in [0.1, 0.15) is 23.2 Å². The summed E-state index contributed by atoms with van der Waals surface area (Å²) < 4.78 is 20.8. The van der Waals surface area contributed by atoms with Crippen molar-refractivity contribution in [1.82, 2.24) is 25.0 Å². The van der Waals surface area contributed by atoms with E-state index in [9.17, 15) is 14.0 Å². The minimum absolute atomic E-state index is 0.113. The van der Waals surface area contributed by atoms with Gasteiger partial charge in [0.25, 0.3) is 0 Å². The highest BCUT2D eigenvalue weighted by Crippen LogP contribution is 2.38. The molecule has 0 aliphatic carbocycles. The number of ether oxygens (including phenoxy) is 1. The van der Waals surface area contributed by atoms with E-state index in [1.165, 1.54) is 17.0 Å². The number of carbonyl (C=O) groups is 2. The van der Waals surface area contributed by atoms with Crippen molar-refractivity contribution in [3.8, 4) is 22.4 Å². The maximum Gasteiger partial charge on any atom is 0.410 e. The molecule has 172 valence electrons. The van der Waals surface area contributed by atoms with E-state index < -0.39 is 17.7 Å². The Hall–Kier alpha value is -3.75. The number of halogens is 1. The maximum atomic E-state index is 13.6. The number of amides is 2. The SMILES string of the molecule is CNC(=O)[C@H]1CN(C(=O)OC(C)(C)C)Cc2c(-c3ccncc3)c(-c3ccc(F)cc3)nn21. The van der Waals surface area contributed by atoms with Crippen LogP contribution < -0.4 is 5.32 Å². The first-order chi connectivity index (χ1) is 15.7. The molecule has 1 aromatic carbocycles. The number of nitrogens with one attached hydrogen (secondary N) is 1. The average Bonchev–Trinajstić information content (AvgIpc) is 3.17. The summed E-state index contributed by atoms with van der Waals surface area (Å²) in [5.74, 6) is -0.633. The molecule has 1 aliphatic heterocycles. The van der Waals surface area contributed by atoms with Gasteiger partial charge in [-0.15, -0.1) is 0 Å². The van der Waals surface area contributed by atoms with Crippen molar-refractivity contribution in [1.29, 1.82) is 0 Å². The first kappa shape index (κ1) is 22.4. The standard InChI is InChI=1S/C24H26FN5O3/c1-24(2,3)33-23(32)29-13-18-20(15-9-11-27-12-10-15)21(16-5-7-17(25)8-6-16)28-30(18)19(14-29)22(31)26-4/h5-12,19H,13-14H2,1-4H3,(H,26,31)/t19-/m1/s1. The zero-order valence-electron chi connectivity index (χ0n) is 19.0. The topological polar surface area (TPSA) is 89.3 Å². The summed E-state index contributed by atoms with van der Waals surface area (Å²) in [5, 5.41) is 7.44. The molecule has 0 bridgehead atoms. The highest BCUT2D eigenvalue weighted by atomic mass is 19.1. The zero-order valence-corrected chi connectivity index (χ0v) is 19.0. The third kappa shape index (κ3) is 4.57. The van der Waals surface area contributed by atoms with Crippen molar-refractivity contribution < 1.29 is 18.7 Å². The van der Waals surface area contributed by atoms with Crippen LogP contribution in [-0.2, 0) is 16.1 Å². The Labute approximate surface area is 191 Å². The quantitative estimate of drug-likeness (QED) is 0.655. The molecule has 1 aliphatic rings. The van der Waals surface area contributed by atoms with Crippen molar-refractivity contribution in [3.05, 3.63) is 60.3 Å². The van der Waals surface area contributed by atoms with Crippen LogP contribution in [0.15, 0.2) is 48.8 Å². The van der Waals surface area contributed by atoms with E-state index in [0.29, 0.717) is 17.0 Å². The second-order valence-corrected chi connectivity index (χ2v) is 8.85. The molecule has 33 heavy (non-hydrogen) atoms. The van der Waals surface area contributed by atoms with Gasteiger partial charge in [-0.05, 0) is 62.7 Å². The van der Waals surface area contributed by atoms with E-state index in [4.69, 9.17) is 9.84 Å². The van der Waals surface area contributed by atoms with Crippen LogP contribution in [0, 0.1) is 5.82 Å². The van der Waals surface area contributed by atoms with Crippen LogP contribution in [0.3, 0.4) is 0 Å². The van der Waals surface area contributed by atoms with E-state index in [1.807, 2.05) is 12.1 Å². The van der Waals surface area contributed by atoms with Gasteiger partial charge in [0.2, 0.25) is 5.91 Å². The van der Waals surface area contributed by atoms with Crippen molar-refractivity contribution in [2.75, 3.05) is 13.6 Å². The van der Waals surface area contributed by atoms with Crippen LogP contribution >= 0.6 is 0 Å². The molecule has 3 heterocycles. The summed E-state index contributed by atoms with van der Waals surface area (Å²) in [6, 6.07) is 8.96. The molecule has 9 heteroatoms. The molecular formula is C24H26FN5O3. The second-order valence-electron chi connectivity index (χ2n) is 8.85. The summed E-state index contributed by atoms with van der Waals surface area (Å²) in [6.45, 7) is 5.70. The predicted molar refractivity (Wildman–Crippen MR) is 121 cm³/mol. The highest BCUT2D eigenvalue weighted by Gasteiger charge is 2.38. The van der Waals surface area contributed by atoms with Crippen molar-refractivity contribution in [2.45, 2.75) is 39.0 Å². The smallest absolute Gasteiger partial charge is 0.410 e. The van der Waals surface area contributed by atoms with Crippen LogP contribution in [0.1, 0.15) is 32.5 Å². The van der Waals surface area contributed by atoms with Gasteiger partial charge < -0.3 is 10.1 Å². The van der Waals surface area contributed by atoms with Gasteiger partial charge in [0.05, 0.1) is 18.8 Å². The highest BCUT2D eigenvalue weighted by molar-refractivity contribution is 5.86. The molecular weight excluding hydrogens is 425 g/mol. The zero-order chi connectivity index (χ0) is 23.8. The van der Waals surface area contributed by atoms with Gasteiger partial charge in [-0.3, -0.25) is 19.4 Å². The Morgan fingerprint density at radius 1 is 1.09 bits per heavy atom. The summed E-state index contributed by atoms with van der Waals surface area (Å²) >= 11 is 0. The third-order valence-electron chi connectivity index (χ3n) is 5.33. The van der Waals surface area contributed by atoms with Crippen molar-refractivity contribution >= 4 is 12.0 Å². The lowest BCUT2D eigenvalue weighted by atomic mass is 9.98. The number of nitrogens with zero attached hydrogens (tertiary/aromatic N) is 4. The normalized spacial score (nSPS) is 15.7. The fourth-order valence-corrected chi connectivity index (χ4v) is 3.87. The number of benzene rings is 1. The van der Waals surface area contributed by atoms with E-state index >= 15 is 0 Å². The molecule has 2 aromatic heterocycles. The summed E-state index contributed by atoms with van der Waals surface area (Å²) in [5.41, 5.74) is 2.88. The Bertz CT molecular complexity index is 1170. The molecule has 3 aromatic rings. The lowest BCUT2D eigenvalue weighted by Gasteiger charge is -2.34. The maximum absolute atomic E-state index is 13.6. The molecule has 0 radical (unpaired) electrons. The van der Waals surface area contributed by atoms with Crippen LogP contribution in [-0.4, -0.2) is 50.9 Å². The van der Waals surface area contributed by atoms with E-state index in [1.54, 1.807) is 57.0 Å². The van der Waals surface area contributed by atoms with Gasteiger partial charge in [-0.2, -0.15) is 5.10 Å². The fraction of sp³-hybridized carbons (Fsp3) is 0.333. The Balaban J connectivity index is 1.89. The number of carbonyl (C=O) groups excluding carboxylic acids is 2. The molecule has 0 spiro atoms. The lowest BCUT2D eigenvalue weighted by molar-refractivity contribution is -0.125. The van der Waals surface area contributed by atoms with Gasteiger partial charge in [-0.25, -0.2) is 9.18 Å². The first-order valence-electron chi connectivity index (χ1n) is 10.6. The van der Waals surface area contributed by atoms with Gasteiger partial charge in [0, 0.05) is 30.6 Å². The van der Waals surface area contributed by atoms with Crippen molar-refractivity contribution in [3.63, 3.8) is 0 Å². The van der Waals surface area contributed by atoms with Crippen LogP contribution in [0.4, 0.5) is 9.18 Å². The fourth-order valence-electron chi connectivity index (χ4n) is 3.87. The predicted octanol–water partition coefficient (Wildman–Crippen LogP) is 3.79. The lowest BCUT2D eigenvalue weighted by Crippen LogP contribution is -2.47. The Morgan fingerprint density at radius 2 is 1.76 bits per heavy atom. The molecule has 8 nitrogen and oxygen atoms in total. The average molecular weight is 452 g/mol. The minimum Gasteiger partial charge on any atom is -0.444 e. The second kappa shape index (κ2) is 8.65. The van der Waals surface area contributed by atoms with Crippen LogP contribution in [0.5, 0.6) is 0 Å². The van der Waals surface area contributed by atoms with E-state index in [2.05, 4.69) is 10.3 Å². The molecule has 0 saturated carbocycles. The van der Waals surface area contributed by atoms with Gasteiger partial charge in [0.15, 0.2) is 0 Å². The number of hydrogen-bond donors (Lipinski definition) is 1. The Morgan fingerprint density at radius 3 is 2.36 bits per heavy atom.